The van der Waals surface area contributed by atoms with E-state index in [9.17, 15) is 35.1 Å². The molecule has 7 unspecified atom stereocenters. The van der Waals surface area contributed by atoms with Crippen molar-refractivity contribution in [2.75, 3.05) is 19.8 Å². The Kier molecular flexibility index (Phi) is 56.7. The summed E-state index contributed by atoms with van der Waals surface area (Å²) in [5.41, 5.74) is 0. The van der Waals surface area contributed by atoms with Gasteiger partial charge in [-0.2, -0.15) is 0 Å². The zero-order valence-corrected chi connectivity index (χ0v) is 52.9. The standard InChI is InChI=1S/C71H129NO10/c1-3-5-7-9-11-13-14-15-16-29-33-36-39-43-47-51-55-59-67(76)80-60-56-52-48-44-40-37-34-31-28-26-24-22-20-18-17-19-21-23-25-27-30-32-35-38-42-46-50-54-58-66(75)72-63(64(74)57-53-49-45-41-12-10-8-6-4-2)62-81-71-70(79)69(78)68(77)65(61-73)82-71/h11-13,15-18,41,53,57,63-65,68-71,73-74,77-79H,3-10,14,19-40,42-52,54-56,58-62H2,1-2H3,(H,72,75)/b13-11-,16-15-,18-17-,41-12+,57-53+. The van der Waals surface area contributed by atoms with Crippen LogP contribution in [0.15, 0.2) is 60.8 Å². The molecule has 0 aromatic carbocycles. The Morgan fingerprint density at radius 3 is 1.28 bits per heavy atom. The molecule has 1 aliphatic heterocycles. The normalized spacial score (nSPS) is 18.5. The van der Waals surface area contributed by atoms with E-state index in [2.05, 4.69) is 67.8 Å². The van der Waals surface area contributed by atoms with E-state index < -0.39 is 49.5 Å². The molecule has 0 radical (unpaired) electrons. The summed E-state index contributed by atoms with van der Waals surface area (Å²) in [6.45, 7) is 4.26. The van der Waals surface area contributed by atoms with Crippen LogP contribution in [0.25, 0.3) is 0 Å². The first-order chi connectivity index (χ1) is 40.2. The predicted octanol–water partition coefficient (Wildman–Crippen LogP) is 17.3. The second-order valence-electron chi connectivity index (χ2n) is 23.9. The third-order valence-electron chi connectivity index (χ3n) is 16.1. The average Bonchev–Trinajstić information content (AvgIpc) is 3.63. The van der Waals surface area contributed by atoms with Gasteiger partial charge >= 0.3 is 5.97 Å². The molecule has 478 valence electrons. The van der Waals surface area contributed by atoms with Gasteiger partial charge in [0.1, 0.15) is 24.4 Å². The number of unbranched alkanes of at least 4 members (excludes halogenated alkanes) is 38. The van der Waals surface area contributed by atoms with Crippen LogP contribution in [-0.2, 0) is 23.8 Å². The second kappa shape index (κ2) is 60.1. The number of hydrogen-bond acceptors (Lipinski definition) is 10. The molecule has 1 heterocycles. The van der Waals surface area contributed by atoms with E-state index in [1.165, 1.54) is 225 Å². The average molecular weight is 1160 g/mol. The van der Waals surface area contributed by atoms with Crippen molar-refractivity contribution in [1.82, 2.24) is 5.32 Å². The molecule has 82 heavy (non-hydrogen) atoms. The van der Waals surface area contributed by atoms with E-state index in [0.717, 1.165) is 64.2 Å². The molecule has 0 aromatic rings. The molecule has 1 rings (SSSR count). The quantitative estimate of drug-likeness (QED) is 0.0195. The van der Waals surface area contributed by atoms with Crippen LogP contribution >= 0.6 is 0 Å². The Labute approximate surface area is 503 Å². The maximum atomic E-state index is 13.0. The van der Waals surface area contributed by atoms with Gasteiger partial charge in [-0.3, -0.25) is 9.59 Å². The molecule has 6 N–H and O–H groups in total. The fourth-order valence-corrected chi connectivity index (χ4v) is 10.6. The van der Waals surface area contributed by atoms with E-state index in [0.29, 0.717) is 19.4 Å². The third kappa shape index (κ3) is 48.6. The Morgan fingerprint density at radius 2 is 0.829 bits per heavy atom. The molecule has 0 bridgehead atoms. The molecule has 1 aliphatic rings. The van der Waals surface area contributed by atoms with Gasteiger partial charge in [0.25, 0.3) is 0 Å². The van der Waals surface area contributed by atoms with Crippen LogP contribution in [0, 0.1) is 0 Å². The minimum atomic E-state index is -1.58. The van der Waals surface area contributed by atoms with Gasteiger partial charge in [-0.05, 0) is 103 Å². The highest BCUT2D eigenvalue weighted by Gasteiger charge is 2.44. The van der Waals surface area contributed by atoms with E-state index in [1.54, 1.807) is 6.08 Å². The summed E-state index contributed by atoms with van der Waals surface area (Å²) in [5.74, 6) is -0.196. The largest absolute Gasteiger partial charge is 0.466 e. The Hall–Kier alpha value is -2.64. The molecule has 1 saturated heterocycles. The van der Waals surface area contributed by atoms with Crippen LogP contribution in [0.4, 0.5) is 0 Å². The molecule has 0 spiro atoms. The zero-order chi connectivity index (χ0) is 59.5. The van der Waals surface area contributed by atoms with Crippen molar-refractivity contribution < 1.29 is 49.3 Å². The number of carbonyl (C=O) groups excluding carboxylic acids is 2. The van der Waals surface area contributed by atoms with Crippen LogP contribution in [0.1, 0.15) is 316 Å². The van der Waals surface area contributed by atoms with Gasteiger partial charge in [0.2, 0.25) is 5.91 Å². The lowest BCUT2D eigenvalue weighted by atomic mass is 9.99. The number of aliphatic hydroxyl groups excluding tert-OH is 5. The molecule has 0 aromatic heterocycles. The summed E-state index contributed by atoms with van der Waals surface area (Å²) in [6.07, 6.45) is 69.4. The molecule has 0 aliphatic carbocycles. The fourth-order valence-electron chi connectivity index (χ4n) is 10.6. The number of allylic oxidation sites excluding steroid dienone is 9. The number of nitrogens with one attached hydrogen (secondary N) is 1. The highest BCUT2D eigenvalue weighted by molar-refractivity contribution is 5.76. The number of aliphatic hydroxyl groups is 5. The van der Waals surface area contributed by atoms with Crippen molar-refractivity contribution in [1.29, 1.82) is 0 Å². The number of ether oxygens (including phenoxy) is 3. The molecule has 1 fully saturated rings. The Bertz CT molecular complexity index is 1550. The van der Waals surface area contributed by atoms with Gasteiger partial charge in [0.05, 0.1) is 32.0 Å². The number of carbonyl (C=O) groups is 2. The molecule has 1 amide bonds. The second-order valence-corrected chi connectivity index (χ2v) is 23.9. The van der Waals surface area contributed by atoms with Crippen LogP contribution < -0.4 is 5.32 Å². The van der Waals surface area contributed by atoms with Crippen molar-refractivity contribution in [3.8, 4) is 0 Å². The van der Waals surface area contributed by atoms with Gasteiger partial charge in [-0.1, -0.05) is 261 Å². The monoisotopic (exact) mass is 1160 g/mol. The van der Waals surface area contributed by atoms with Crippen molar-refractivity contribution >= 4 is 11.9 Å². The van der Waals surface area contributed by atoms with E-state index in [-0.39, 0.29) is 18.5 Å². The highest BCUT2D eigenvalue weighted by Crippen LogP contribution is 2.23. The van der Waals surface area contributed by atoms with Crippen LogP contribution in [0.3, 0.4) is 0 Å². The van der Waals surface area contributed by atoms with Gasteiger partial charge in [-0.15, -0.1) is 0 Å². The Morgan fingerprint density at radius 1 is 0.451 bits per heavy atom. The molecule has 7 atom stereocenters. The van der Waals surface area contributed by atoms with Gasteiger partial charge in [0, 0.05) is 12.8 Å². The first-order valence-corrected chi connectivity index (χ1v) is 34.6. The summed E-state index contributed by atoms with van der Waals surface area (Å²) < 4.78 is 16.7. The topological polar surface area (TPSA) is 175 Å². The predicted molar refractivity (Wildman–Crippen MR) is 343 cm³/mol. The summed E-state index contributed by atoms with van der Waals surface area (Å²) in [5, 5.41) is 54.2. The molecule has 11 nitrogen and oxygen atoms in total. The summed E-state index contributed by atoms with van der Waals surface area (Å²) in [6, 6.07) is -0.827. The van der Waals surface area contributed by atoms with Gasteiger partial charge < -0.3 is 45.1 Å². The van der Waals surface area contributed by atoms with Crippen molar-refractivity contribution in [3.05, 3.63) is 60.8 Å². The number of rotatable bonds is 60. The molecular formula is C71H129NO10. The number of hydrogen-bond donors (Lipinski definition) is 6. The van der Waals surface area contributed by atoms with E-state index in [4.69, 9.17) is 14.2 Å². The van der Waals surface area contributed by atoms with Crippen molar-refractivity contribution in [3.63, 3.8) is 0 Å². The fraction of sp³-hybridized carbons (Fsp3) is 0.831. The SMILES string of the molecule is CCCCC/C=C\C/C=C\CCCCCCCCCC(=O)OCCCCCCCCCCCCCC/C=C\CCCCCCCCCCCCCCC(=O)NC(COC1OC(CO)C(O)C(O)C1O)C(O)/C=C/CC/C=C/CCCCC. The highest BCUT2D eigenvalue weighted by atomic mass is 16.7. The molecule has 0 saturated carbocycles. The minimum Gasteiger partial charge on any atom is -0.466 e. The zero-order valence-electron chi connectivity index (χ0n) is 52.9. The Balaban J connectivity index is 1.93. The number of amides is 1. The first-order valence-electron chi connectivity index (χ1n) is 34.6. The lowest BCUT2D eigenvalue weighted by Gasteiger charge is -2.40. The summed E-state index contributed by atoms with van der Waals surface area (Å²) in [7, 11) is 0. The summed E-state index contributed by atoms with van der Waals surface area (Å²) >= 11 is 0. The third-order valence-corrected chi connectivity index (χ3v) is 16.1. The van der Waals surface area contributed by atoms with Crippen molar-refractivity contribution in [2.45, 2.75) is 358 Å². The molecular weight excluding hydrogens is 1030 g/mol. The lowest BCUT2D eigenvalue weighted by Crippen LogP contribution is -2.60. The van der Waals surface area contributed by atoms with Crippen LogP contribution in [0.5, 0.6) is 0 Å². The minimum absolute atomic E-state index is 0.00173. The molecule has 11 heteroatoms. The van der Waals surface area contributed by atoms with Gasteiger partial charge in [-0.25, -0.2) is 0 Å². The van der Waals surface area contributed by atoms with Crippen molar-refractivity contribution in [2.24, 2.45) is 0 Å². The lowest BCUT2D eigenvalue weighted by molar-refractivity contribution is -0.302. The maximum Gasteiger partial charge on any atom is 0.305 e. The maximum absolute atomic E-state index is 13.0. The first kappa shape index (κ1) is 77.4. The van der Waals surface area contributed by atoms with E-state index in [1.807, 2.05) is 6.08 Å². The van der Waals surface area contributed by atoms with Crippen LogP contribution in [-0.4, -0.2) is 100 Å². The van der Waals surface area contributed by atoms with Gasteiger partial charge in [0.15, 0.2) is 6.29 Å². The van der Waals surface area contributed by atoms with E-state index >= 15 is 0 Å². The smallest absolute Gasteiger partial charge is 0.305 e. The number of esters is 1. The van der Waals surface area contributed by atoms with Crippen LogP contribution in [0.2, 0.25) is 0 Å². The summed E-state index contributed by atoms with van der Waals surface area (Å²) in [4.78, 5) is 25.1.